The zero-order valence-electron chi connectivity index (χ0n) is 21.8. The monoisotopic (exact) mass is 554 g/mol. The third kappa shape index (κ3) is 8.91. The molecule has 2 N–H and O–H groups in total. The lowest BCUT2D eigenvalue weighted by Crippen LogP contribution is -2.47. The van der Waals surface area contributed by atoms with Gasteiger partial charge in [-0.05, 0) is 54.7 Å². The van der Waals surface area contributed by atoms with Crippen molar-refractivity contribution >= 4 is 22.0 Å². The summed E-state index contributed by atoms with van der Waals surface area (Å²) in [5.74, 6) is -2.99. The van der Waals surface area contributed by atoms with E-state index in [1.54, 1.807) is 35.7 Å². The van der Waals surface area contributed by atoms with Gasteiger partial charge in [0.2, 0.25) is 10.0 Å². The van der Waals surface area contributed by atoms with Crippen LogP contribution in [0, 0.1) is 0 Å². The highest BCUT2D eigenvalue weighted by Crippen LogP contribution is 2.26. The highest BCUT2D eigenvalue weighted by molar-refractivity contribution is 7.89. The standard InChI is InChI=1S/C27H32N2O3S.C2H2O4/c1-32-26-12-14-27(15-13-26)33(30,31)29-20-17-25(18-21-29)28(22-24-10-6-3-7-11-24)19-16-23-8-4-2-5-9-23;3-1(4)2(5)6/h2-15,25H,16-22H2,1H3;(H,3,4)(H,5,6). The van der Waals surface area contributed by atoms with Crippen molar-refractivity contribution in [3.63, 3.8) is 0 Å². The van der Waals surface area contributed by atoms with Gasteiger partial charge in [-0.15, -0.1) is 0 Å². The summed E-state index contributed by atoms with van der Waals surface area (Å²) in [6.45, 7) is 2.91. The van der Waals surface area contributed by atoms with Gasteiger partial charge < -0.3 is 14.9 Å². The number of carbonyl (C=O) groups is 2. The van der Waals surface area contributed by atoms with E-state index < -0.39 is 22.0 Å². The van der Waals surface area contributed by atoms with Crippen molar-refractivity contribution in [2.45, 2.75) is 36.7 Å². The maximum atomic E-state index is 13.1. The van der Waals surface area contributed by atoms with Gasteiger partial charge in [-0.25, -0.2) is 18.0 Å². The van der Waals surface area contributed by atoms with Crippen molar-refractivity contribution in [1.29, 1.82) is 0 Å². The molecular formula is C29H34N2O7S. The lowest BCUT2D eigenvalue weighted by molar-refractivity contribution is -0.159. The molecule has 1 saturated heterocycles. The molecule has 1 fully saturated rings. The topological polar surface area (TPSA) is 124 Å². The summed E-state index contributed by atoms with van der Waals surface area (Å²) >= 11 is 0. The van der Waals surface area contributed by atoms with E-state index in [9.17, 15) is 8.42 Å². The molecule has 10 heteroatoms. The van der Waals surface area contributed by atoms with Crippen LogP contribution in [-0.4, -0.2) is 72.6 Å². The van der Waals surface area contributed by atoms with Crippen molar-refractivity contribution in [3.8, 4) is 5.75 Å². The molecule has 0 bridgehead atoms. The minimum atomic E-state index is -3.49. The van der Waals surface area contributed by atoms with Gasteiger partial charge in [-0.2, -0.15) is 4.31 Å². The van der Waals surface area contributed by atoms with E-state index in [0.717, 1.165) is 32.4 Å². The molecular weight excluding hydrogens is 520 g/mol. The Morgan fingerprint density at radius 2 is 1.36 bits per heavy atom. The van der Waals surface area contributed by atoms with E-state index in [0.29, 0.717) is 29.8 Å². The van der Waals surface area contributed by atoms with Gasteiger partial charge in [-0.3, -0.25) is 4.90 Å². The number of sulfonamides is 1. The SMILES string of the molecule is COc1ccc(S(=O)(=O)N2CCC(N(CCc3ccccc3)Cc3ccccc3)CC2)cc1.O=C(O)C(=O)O. The first-order chi connectivity index (χ1) is 18.7. The fourth-order valence-corrected chi connectivity index (χ4v) is 5.94. The average Bonchev–Trinajstić information content (AvgIpc) is 2.96. The van der Waals surface area contributed by atoms with Crippen LogP contribution >= 0.6 is 0 Å². The van der Waals surface area contributed by atoms with Crippen molar-refractivity contribution in [3.05, 3.63) is 96.1 Å². The maximum Gasteiger partial charge on any atom is 0.414 e. The molecule has 0 aliphatic carbocycles. The minimum Gasteiger partial charge on any atom is -0.497 e. The van der Waals surface area contributed by atoms with Crippen LogP contribution in [0.2, 0.25) is 0 Å². The Morgan fingerprint density at radius 1 is 0.846 bits per heavy atom. The Morgan fingerprint density at radius 3 is 1.85 bits per heavy atom. The largest absolute Gasteiger partial charge is 0.497 e. The summed E-state index contributed by atoms with van der Waals surface area (Å²) in [5, 5.41) is 14.8. The van der Waals surface area contributed by atoms with Gasteiger partial charge in [-0.1, -0.05) is 60.7 Å². The van der Waals surface area contributed by atoms with Gasteiger partial charge in [0, 0.05) is 32.2 Å². The van der Waals surface area contributed by atoms with Gasteiger partial charge in [0.25, 0.3) is 0 Å². The number of nitrogens with zero attached hydrogens (tertiary/aromatic N) is 2. The van der Waals surface area contributed by atoms with E-state index in [1.807, 2.05) is 12.1 Å². The van der Waals surface area contributed by atoms with Crippen LogP contribution in [0.1, 0.15) is 24.0 Å². The fourth-order valence-electron chi connectivity index (χ4n) is 4.47. The first-order valence-electron chi connectivity index (χ1n) is 12.6. The van der Waals surface area contributed by atoms with Crippen LogP contribution < -0.4 is 4.74 Å². The van der Waals surface area contributed by atoms with Gasteiger partial charge in [0.15, 0.2) is 0 Å². The van der Waals surface area contributed by atoms with Crippen molar-refractivity contribution in [1.82, 2.24) is 9.21 Å². The normalized spacial score (nSPS) is 14.3. The van der Waals surface area contributed by atoms with E-state index >= 15 is 0 Å². The molecule has 3 aromatic rings. The molecule has 3 aromatic carbocycles. The number of piperidine rings is 1. The quantitative estimate of drug-likeness (QED) is 0.383. The Labute approximate surface area is 229 Å². The number of benzene rings is 3. The second-order valence-electron chi connectivity index (χ2n) is 9.11. The summed E-state index contributed by atoms with van der Waals surface area (Å²) in [7, 11) is -1.91. The molecule has 39 heavy (non-hydrogen) atoms. The second kappa shape index (κ2) is 14.4. The van der Waals surface area contributed by atoms with Gasteiger partial charge >= 0.3 is 11.9 Å². The molecule has 0 aromatic heterocycles. The van der Waals surface area contributed by atoms with Crippen LogP contribution in [-0.2, 0) is 32.6 Å². The summed E-state index contributed by atoms with van der Waals surface area (Å²) in [6.07, 6.45) is 2.64. The fraction of sp³-hybridized carbons (Fsp3) is 0.310. The van der Waals surface area contributed by atoms with Gasteiger partial charge in [0.1, 0.15) is 5.75 Å². The molecule has 0 unspecified atom stereocenters. The number of hydrogen-bond acceptors (Lipinski definition) is 6. The Hall–Kier alpha value is -3.73. The summed E-state index contributed by atoms with van der Waals surface area (Å²) in [5.41, 5.74) is 2.62. The molecule has 1 heterocycles. The van der Waals surface area contributed by atoms with Crippen LogP contribution in [0.25, 0.3) is 0 Å². The van der Waals surface area contributed by atoms with Gasteiger partial charge in [0.05, 0.1) is 12.0 Å². The lowest BCUT2D eigenvalue weighted by atomic mass is 10.0. The average molecular weight is 555 g/mol. The maximum absolute atomic E-state index is 13.1. The third-order valence-corrected chi connectivity index (χ3v) is 8.49. The molecule has 0 atom stereocenters. The predicted molar refractivity (Wildman–Crippen MR) is 147 cm³/mol. The van der Waals surface area contributed by atoms with E-state index in [1.165, 1.54) is 11.1 Å². The first kappa shape index (κ1) is 29.8. The Kier molecular flexibility index (Phi) is 11.0. The van der Waals surface area contributed by atoms with Crippen molar-refractivity contribution in [2.24, 2.45) is 0 Å². The molecule has 208 valence electrons. The molecule has 0 saturated carbocycles. The van der Waals surface area contributed by atoms with Crippen LogP contribution in [0.4, 0.5) is 0 Å². The zero-order valence-corrected chi connectivity index (χ0v) is 22.7. The van der Waals surface area contributed by atoms with Crippen molar-refractivity contribution < 1.29 is 33.0 Å². The first-order valence-corrected chi connectivity index (χ1v) is 14.1. The smallest absolute Gasteiger partial charge is 0.414 e. The zero-order chi connectivity index (χ0) is 28.3. The number of methoxy groups -OCH3 is 1. The highest BCUT2D eigenvalue weighted by Gasteiger charge is 2.31. The van der Waals surface area contributed by atoms with E-state index in [4.69, 9.17) is 24.5 Å². The molecule has 0 radical (unpaired) electrons. The second-order valence-corrected chi connectivity index (χ2v) is 11.1. The number of aliphatic carboxylic acids is 2. The molecule has 0 amide bonds. The Balaban J connectivity index is 0.000000631. The number of carboxylic acid groups (broad SMARTS) is 2. The highest BCUT2D eigenvalue weighted by atomic mass is 32.2. The van der Waals surface area contributed by atoms with Crippen LogP contribution in [0.3, 0.4) is 0 Å². The van der Waals surface area contributed by atoms with Crippen LogP contribution in [0.15, 0.2) is 89.8 Å². The number of ether oxygens (including phenoxy) is 1. The lowest BCUT2D eigenvalue weighted by Gasteiger charge is -2.38. The van der Waals surface area contributed by atoms with E-state index in [2.05, 4.69) is 53.4 Å². The minimum absolute atomic E-state index is 0.326. The summed E-state index contributed by atoms with van der Waals surface area (Å²) < 4.78 is 33.1. The summed E-state index contributed by atoms with van der Waals surface area (Å²) in [4.78, 5) is 21.1. The molecule has 9 nitrogen and oxygen atoms in total. The molecule has 4 rings (SSSR count). The number of hydrogen-bond donors (Lipinski definition) is 2. The van der Waals surface area contributed by atoms with E-state index in [-0.39, 0.29) is 0 Å². The predicted octanol–water partition coefficient (Wildman–Crippen LogP) is 3.75. The van der Waals surface area contributed by atoms with Crippen LogP contribution in [0.5, 0.6) is 5.75 Å². The molecule has 1 aliphatic rings. The Bertz CT molecular complexity index is 1280. The summed E-state index contributed by atoms with van der Waals surface area (Å²) in [6, 6.07) is 28.1. The number of carboxylic acids is 2. The third-order valence-electron chi connectivity index (χ3n) is 6.58. The number of rotatable bonds is 9. The molecule has 1 aliphatic heterocycles. The molecule has 0 spiro atoms. The van der Waals surface area contributed by atoms with Crippen molar-refractivity contribution in [2.75, 3.05) is 26.7 Å².